The van der Waals surface area contributed by atoms with E-state index in [1.165, 1.54) is 0 Å². The summed E-state index contributed by atoms with van der Waals surface area (Å²) >= 11 is 0. The van der Waals surface area contributed by atoms with Gasteiger partial charge in [0.15, 0.2) is 9.84 Å². The molecule has 1 fully saturated rings. The van der Waals surface area contributed by atoms with Crippen molar-refractivity contribution in [3.63, 3.8) is 0 Å². The van der Waals surface area contributed by atoms with Crippen molar-refractivity contribution in [3.8, 4) is 0 Å². The third kappa shape index (κ3) is 2.18. The van der Waals surface area contributed by atoms with Crippen molar-refractivity contribution in [2.24, 2.45) is 0 Å². The van der Waals surface area contributed by atoms with Crippen molar-refractivity contribution in [1.82, 2.24) is 5.32 Å². The molecule has 2 atom stereocenters. The number of carbonyl (C=O) groups excluding carboxylic acids is 1. The first-order chi connectivity index (χ1) is 5.41. The minimum absolute atomic E-state index is 0.199. The van der Waals surface area contributed by atoms with Gasteiger partial charge in [0, 0.05) is 6.92 Å². The van der Waals surface area contributed by atoms with E-state index in [-0.39, 0.29) is 11.5 Å². The molecule has 0 aliphatic carbocycles. The largest absolute Gasteiger partial charge is 0.390 e. The lowest BCUT2D eigenvalue weighted by molar-refractivity contribution is -0.117. The van der Waals surface area contributed by atoms with Gasteiger partial charge in [-0.1, -0.05) is 0 Å². The molecule has 0 aromatic heterocycles. The van der Waals surface area contributed by atoms with E-state index >= 15 is 0 Å². The molecular weight excluding hydrogens is 182 g/mol. The molecule has 0 aromatic carbocycles. The Labute approximate surface area is 70.7 Å². The fourth-order valence-electron chi connectivity index (χ4n) is 1.17. The maximum absolute atomic E-state index is 10.9. The molecule has 1 saturated heterocycles. The van der Waals surface area contributed by atoms with Crippen LogP contribution in [0.15, 0.2) is 0 Å². The average molecular weight is 192 g/mol. The number of hydrogen-bond acceptors (Lipinski definition) is 4. The first-order valence-corrected chi connectivity index (χ1v) is 5.24. The van der Waals surface area contributed by atoms with Crippen molar-refractivity contribution in [2.45, 2.75) is 12.1 Å². The topological polar surface area (TPSA) is 83.5 Å². The summed E-state index contributed by atoms with van der Waals surface area (Å²) < 4.78 is 21.8. The van der Waals surface area contributed by atoms with Crippen LogP contribution in [0.5, 0.6) is 0 Å². The standard InChI is InChI=1S/C6H10NO4S/c1-4(8)7-5-2-12(10,11)3-6(5)9/h5-6,9H,1-3H2,(H,7,8). The molecule has 1 aliphatic heterocycles. The highest BCUT2D eigenvalue weighted by Gasteiger charge is 2.36. The van der Waals surface area contributed by atoms with Crippen LogP contribution >= 0.6 is 0 Å². The van der Waals surface area contributed by atoms with E-state index in [9.17, 15) is 13.2 Å². The fourth-order valence-corrected chi connectivity index (χ4v) is 2.92. The summed E-state index contributed by atoms with van der Waals surface area (Å²) in [4.78, 5) is 10.4. The highest BCUT2D eigenvalue weighted by molar-refractivity contribution is 7.91. The van der Waals surface area contributed by atoms with Gasteiger partial charge < -0.3 is 10.4 Å². The van der Waals surface area contributed by atoms with E-state index in [1.807, 2.05) is 0 Å². The number of amides is 1. The summed E-state index contributed by atoms with van der Waals surface area (Å²) in [6.45, 7) is 3.03. The lowest BCUT2D eigenvalue weighted by atomic mass is 10.2. The van der Waals surface area contributed by atoms with Gasteiger partial charge in [-0.25, -0.2) is 8.42 Å². The lowest BCUT2D eigenvalue weighted by Gasteiger charge is -2.12. The lowest BCUT2D eigenvalue weighted by Crippen LogP contribution is -2.41. The predicted octanol–water partition coefficient (Wildman–Crippen LogP) is -1.91. The van der Waals surface area contributed by atoms with Crippen LogP contribution in [0, 0.1) is 6.92 Å². The predicted molar refractivity (Wildman–Crippen MR) is 41.9 cm³/mol. The summed E-state index contributed by atoms with van der Waals surface area (Å²) in [7, 11) is -3.18. The second-order valence-corrected chi connectivity index (χ2v) is 4.97. The molecule has 1 radical (unpaired) electrons. The number of aliphatic hydroxyl groups excluding tert-OH is 1. The van der Waals surface area contributed by atoms with Crippen LogP contribution in [0.25, 0.3) is 0 Å². The minimum atomic E-state index is -3.18. The van der Waals surface area contributed by atoms with E-state index < -0.39 is 27.9 Å². The Morgan fingerprint density at radius 2 is 2.08 bits per heavy atom. The van der Waals surface area contributed by atoms with Gasteiger partial charge in [0.25, 0.3) is 0 Å². The zero-order valence-corrected chi connectivity index (χ0v) is 7.17. The van der Waals surface area contributed by atoms with Gasteiger partial charge in [-0.3, -0.25) is 4.79 Å². The van der Waals surface area contributed by atoms with Gasteiger partial charge >= 0.3 is 0 Å². The van der Waals surface area contributed by atoms with E-state index in [1.54, 1.807) is 0 Å². The summed E-state index contributed by atoms with van der Waals surface area (Å²) in [5, 5.41) is 11.4. The Bertz CT molecular complexity index is 284. The summed E-state index contributed by atoms with van der Waals surface area (Å²) in [6, 6.07) is -0.694. The Morgan fingerprint density at radius 1 is 1.50 bits per heavy atom. The normalized spacial score (nSPS) is 33.2. The monoisotopic (exact) mass is 192 g/mol. The maximum Gasteiger partial charge on any atom is 0.220 e. The molecule has 69 valence electrons. The van der Waals surface area contributed by atoms with Crippen molar-refractivity contribution in [1.29, 1.82) is 0 Å². The highest BCUT2D eigenvalue weighted by atomic mass is 32.2. The van der Waals surface area contributed by atoms with Crippen molar-refractivity contribution < 1.29 is 18.3 Å². The van der Waals surface area contributed by atoms with Gasteiger partial charge in [-0.15, -0.1) is 0 Å². The van der Waals surface area contributed by atoms with Crippen LogP contribution in [0.1, 0.15) is 0 Å². The summed E-state index contributed by atoms with van der Waals surface area (Å²) in [5.74, 6) is -1.05. The third-order valence-corrected chi connectivity index (χ3v) is 3.39. The van der Waals surface area contributed by atoms with E-state index in [0.29, 0.717) is 0 Å². The molecule has 1 amide bonds. The molecule has 2 N–H and O–H groups in total. The van der Waals surface area contributed by atoms with Crippen molar-refractivity contribution in [3.05, 3.63) is 6.92 Å². The number of rotatable bonds is 1. The van der Waals surface area contributed by atoms with Crippen LogP contribution in [-0.4, -0.2) is 43.1 Å². The quantitative estimate of drug-likeness (QED) is 0.508. The smallest absolute Gasteiger partial charge is 0.220 e. The van der Waals surface area contributed by atoms with E-state index in [2.05, 4.69) is 12.2 Å². The maximum atomic E-state index is 10.9. The summed E-state index contributed by atoms with van der Waals surface area (Å²) in [6.07, 6.45) is -0.999. The van der Waals surface area contributed by atoms with Crippen molar-refractivity contribution in [2.75, 3.05) is 11.5 Å². The second kappa shape index (κ2) is 3.02. The second-order valence-electron chi connectivity index (χ2n) is 2.82. The first kappa shape index (κ1) is 9.47. The third-order valence-electron chi connectivity index (χ3n) is 1.67. The Morgan fingerprint density at radius 3 is 2.42 bits per heavy atom. The van der Waals surface area contributed by atoms with E-state index in [4.69, 9.17) is 5.11 Å². The Hall–Kier alpha value is -0.620. The van der Waals surface area contributed by atoms with Gasteiger partial charge in [-0.2, -0.15) is 0 Å². The molecule has 0 bridgehead atoms. The van der Waals surface area contributed by atoms with Crippen LogP contribution in [0.4, 0.5) is 0 Å². The van der Waals surface area contributed by atoms with Crippen LogP contribution in [0.3, 0.4) is 0 Å². The molecule has 5 nitrogen and oxygen atoms in total. The highest BCUT2D eigenvalue weighted by Crippen LogP contribution is 2.11. The zero-order chi connectivity index (χ0) is 9.35. The van der Waals surface area contributed by atoms with Gasteiger partial charge in [-0.05, 0) is 0 Å². The van der Waals surface area contributed by atoms with Gasteiger partial charge in [0.1, 0.15) is 0 Å². The first-order valence-electron chi connectivity index (χ1n) is 3.42. The molecule has 1 rings (SSSR count). The van der Waals surface area contributed by atoms with Crippen molar-refractivity contribution >= 4 is 15.7 Å². The summed E-state index contributed by atoms with van der Waals surface area (Å²) in [5.41, 5.74) is 0. The van der Waals surface area contributed by atoms with Crippen LogP contribution in [0.2, 0.25) is 0 Å². The fraction of sp³-hybridized carbons (Fsp3) is 0.667. The molecule has 1 heterocycles. The molecular formula is C6H10NO4S. The number of nitrogens with one attached hydrogen (secondary N) is 1. The number of hydrogen-bond donors (Lipinski definition) is 2. The number of sulfone groups is 1. The Balaban J connectivity index is 2.64. The van der Waals surface area contributed by atoms with E-state index in [0.717, 1.165) is 0 Å². The average Bonchev–Trinajstić information content (AvgIpc) is 2.03. The molecule has 0 aromatic rings. The number of carbonyl (C=O) groups is 1. The van der Waals surface area contributed by atoms with Crippen LogP contribution < -0.4 is 5.32 Å². The molecule has 1 aliphatic rings. The molecule has 2 unspecified atom stereocenters. The SMILES string of the molecule is [CH2]C(=O)NC1CS(=O)(=O)CC1O. The Kier molecular flexibility index (Phi) is 2.39. The zero-order valence-electron chi connectivity index (χ0n) is 6.36. The number of aliphatic hydroxyl groups is 1. The van der Waals surface area contributed by atoms with Gasteiger partial charge in [0.2, 0.25) is 5.91 Å². The molecule has 0 spiro atoms. The molecule has 12 heavy (non-hydrogen) atoms. The van der Waals surface area contributed by atoms with Gasteiger partial charge in [0.05, 0.1) is 23.7 Å². The minimum Gasteiger partial charge on any atom is -0.390 e. The molecule has 0 saturated carbocycles. The van der Waals surface area contributed by atoms with Crippen LogP contribution in [-0.2, 0) is 14.6 Å². The molecule has 6 heteroatoms.